The normalized spacial score (nSPS) is 13.5. The first-order valence-corrected chi connectivity index (χ1v) is 11.3. The van der Waals surface area contributed by atoms with Crippen LogP contribution in [0.4, 0.5) is 5.69 Å². The van der Waals surface area contributed by atoms with Crippen molar-refractivity contribution in [3.8, 4) is 16.3 Å². The lowest BCUT2D eigenvalue weighted by Gasteiger charge is -2.18. The van der Waals surface area contributed by atoms with E-state index in [1.54, 1.807) is 0 Å². The molecule has 0 radical (unpaired) electrons. The third kappa shape index (κ3) is 4.47. The van der Waals surface area contributed by atoms with Crippen molar-refractivity contribution in [1.29, 1.82) is 0 Å². The number of ether oxygens (including phenoxy) is 1. The van der Waals surface area contributed by atoms with Crippen LogP contribution >= 0.6 is 11.3 Å². The molecule has 150 valence electrons. The number of nitrogens with one attached hydrogen (secondary N) is 2. The average molecular weight is 430 g/mol. The second-order valence-electron chi connectivity index (χ2n) is 6.65. The Labute approximate surface area is 172 Å². The highest BCUT2D eigenvalue weighted by Crippen LogP contribution is 2.30. The van der Waals surface area contributed by atoms with Crippen LogP contribution in [0.2, 0.25) is 0 Å². The summed E-state index contributed by atoms with van der Waals surface area (Å²) in [5.41, 5.74) is 3.42. The van der Waals surface area contributed by atoms with Crippen LogP contribution in [-0.4, -0.2) is 32.5 Å². The molecular formula is C20H19N3O4S2. The maximum absolute atomic E-state index is 12.6. The minimum absolute atomic E-state index is 0.0701. The molecule has 0 unspecified atom stereocenters. The number of amides is 1. The van der Waals surface area contributed by atoms with Gasteiger partial charge in [0.15, 0.2) is 6.61 Å². The second-order valence-corrected chi connectivity index (χ2v) is 9.28. The Morgan fingerprint density at radius 3 is 2.79 bits per heavy atom. The predicted molar refractivity (Wildman–Crippen MR) is 112 cm³/mol. The summed E-state index contributed by atoms with van der Waals surface area (Å²) in [5, 5.41) is 5.46. The minimum Gasteiger partial charge on any atom is -0.482 e. The number of aromatic nitrogens is 1. The molecule has 1 aliphatic heterocycles. The van der Waals surface area contributed by atoms with Gasteiger partial charge in [0.25, 0.3) is 5.91 Å². The molecule has 0 spiro atoms. The van der Waals surface area contributed by atoms with Gasteiger partial charge in [-0.2, -0.15) is 0 Å². The molecule has 3 aromatic rings. The van der Waals surface area contributed by atoms with Crippen molar-refractivity contribution in [3.05, 3.63) is 59.1 Å². The van der Waals surface area contributed by atoms with Gasteiger partial charge in [0.1, 0.15) is 10.8 Å². The topological polar surface area (TPSA) is 97.4 Å². The van der Waals surface area contributed by atoms with E-state index in [0.717, 1.165) is 16.3 Å². The summed E-state index contributed by atoms with van der Waals surface area (Å²) in [4.78, 5) is 16.1. The van der Waals surface area contributed by atoms with E-state index >= 15 is 0 Å². The van der Waals surface area contributed by atoms with Crippen molar-refractivity contribution in [2.75, 3.05) is 18.5 Å². The summed E-state index contributed by atoms with van der Waals surface area (Å²) >= 11 is 1.54. The monoisotopic (exact) mass is 429 g/mol. The molecule has 4 rings (SSSR count). The molecule has 0 saturated carbocycles. The first-order valence-electron chi connectivity index (χ1n) is 8.98. The van der Waals surface area contributed by atoms with E-state index in [1.807, 2.05) is 36.6 Å². The van der Waals surface area contributed by atoms with E-state index in [4.69, 9.17) is 4.74 Å². The molecule has 2 heterocycles. The van der Waals surface area contributed by atoms with Crippen LogP contribution in [0.25, 0.3) is 10.6 Å². The number of anilines is 1. The van der Waals surface area contributed by atoms with Gasteiger partial charge in [-0.15, -0.1) is 11.3 Å². The number of aryl methyl sites for hydroxylation is 1. The van der Waals surface area contributed by atoms with Crippen molar-refractivity contribution < 1.29 is 17.9 Å². The van der Waals surface area contributed by atoms with Crippen molar-refractivity contribution in [2.24, 2.45) is 0 Å². The van der Waals surface area contributed by atoms with Gasteiger partial charge in [0.2, 0.25) is 10.0 Å². The highest BCUT2D eigenvalue weighted by Gasteiger charge is 2.20. The molecule has 0 bridgehead atoms. The number of rotatable bonds is 6. The Hall–Kier alpha value is -2.75. The molecule has 1 amide bonds. The van der Waals surface area contributed by atoms with Gasteiger partial charge >= 0.3 is 0 Å². The lowest BCUT2D eigenvalue weighted by molar-refractivity contribution is -0.118. The smallest absolute Gasteiger partial charge is 0.262 e. The summed E-state index contributed by atoms with van der Waals surface area (Å²) in [5.74, 6) is 0.141. The van der Waals surface area contributed by atoms with Gasteiger partial charge in [-0.05, 0) is 25.1 Å². The van der Waals surface area contributed by atoms with Crippen LogP contribution in [-0.2, 0) is 21.2 Å². The van der Waals surface area contributed by atoms with E-state index in [1.165, 1.54) is 35.1 Å². The Morgan fingerprint density at radius 2 is 2.00 bits per heavy atom. The number of hydrogen-bond donors (Lipinski definition) is 2. The van der Waals surface area contributed by atoms with Crippen LogP contribution in [0.15, 0.2) is 52.7 Å². The number of benzene rings is 2. The zero-order chi connectivity index (χ0) is 20.4. The number of nitrogens with zero attached hydrogens (tertiary/aromatic N) is 1. The van der Waals surface area contributed by atoms with Crippen LogP contribution in [0, 0.1) is 6.92 Å². The molecular weight excluding hydrogens is 410 g/mol. The molecule has 0 aliphatic carbocycles. The fraction of sp³-hybridized carbons (Fsp3) is 0.200. The van der Waals surface area contributed by atoms with E-state index in [0.29, 0.717) is 17.9 Å². The lowest BCUT2D eigenvalue weighted by Crippen LogP contribution is -2.28. The van der Waals surface area contributed by atoms with E-state index in [9.17, 15) is 13.2 Å². The Morgan fingerprint density at radius 1 is 1.21 bits per heavy atom. The number of carbonyl (C=O) groups is 1. The largest absolute Gasteiger partial charge is 0.482 e. The van der Waals surface area contributed by atoms with Gasteiger partial charge in [-0.25, -0.2) is 18.1 Å². The van der Waals surface area contributed by atoms with Crippen molar-refractivity contribution in [1.82, 2.24) is 9.71 Å². The fourth-order valence-electron chi connectivity index (χ4n) is 2.88. The maximum atomic E-state index is 12.6. The zero-order valence-corrected chi connectivity index (χ0v) is 17.3. The lowest BCUT2D eigenvalue weighted by atomic mass is 10.2. The van der Waals surface area contributed by atoms with Crippen LogP contribution < -0.4 is 14.8 Å². The SMILES string of the molecule is Cc1ccc(-c2nc(CCNS(=O)(=O)c3ccc4c(c3)NC(=O)CO4)cs2)cc1. The van der Waals surface area contributed by atoms with Gasteiger partial charge in [-0.1, -0.05) is 29.8 Å². The quantitative estimate of drug-likeness (QED) is 0.628. The summed E-state index contributed by atoms with van der Waals surface area (Å²) in [6.07, 6.45) is 0.479. The third-order valence-corrected chi connectivity index (χ3v) is 6.82. The molecule has 0 saturated heterocycles. The summed E-state index contributed by atoms with van der Waals surface area (Å²) < 4.78 is 33.0. The van der Waals surface area contributed by atoms with Crippen molar-refractivity contribution >= 4 is 33.0 Å². The molecule has 9 heteroatoms. The second kappa shape index (κ2) is 7.94. The number of carbonyl (C=O) groups excluding carboxylic acids is 1. The fourth-order valence-corrected chi connectivity index (χ4v) is 4.79. The molecule has 0 atom stereocenters. The standard InChI is InChI=1S/C20H19N3O4S2/c1-13-2-4-14(5-3-13)20-22-15(12-28-20)8-9-21-29(25,26)16-6-7-18-17(10-16)23-19(24)11-27-18/h2-7,10,12,21H,8-9,11H2,1H3,(H,23,24). The minimum atomic E-state index is -3.71. The van der Waals surface area contributed by atoms with Gasteiger partial charge in [0, 0.05) is 23.9 Å². The molecule has 2 N–H and O–H groups in total. The van der Waals surface area contributed by atoms with Gasteiger partial charge < -0.3 is 10.1 Å². The molecule has 2 aromatic carbocycles. The number of sulfonamides is 1. The maximum Gasteiger partial charge on any atom is 0.262 e. The Kier molecular flexibility index (Phi) is 5.35. The van der Waals surface area contributed by atoms with E-state index in [-0.39, 0.29) is 24.0 Å². The molecule has 29 heavy (non-hydrogen) atoms. The molecule has 1 aromatic heterocycles. The van der Waals surface area contributed by atoms with E-state index < -0.39 is 10.0 Å². The molecule has 7 nitrogen and oxygen atoms in total. The number of fused-ring (bicyclic) bond motifs is 1. The van der Waals surface area contributed by atoms with Crippen molar-refractivity contribution in [3.63, 3.8) is 0 Å². The Bertz CT molecular complexity index is 1150. The summed E-state index contributed by atoms with van der Waals surface area (Å²) in [6.45, 7) is 2.18. The number of hydrogen-bond acceptors (Lipinski definition) is 6. The van der Waals surface area contributed by atoms with Crippen LogP contribution in [0.1, 0.15) is 11.3 Å². The van der Waals surface area contributed by atoms with Gasteiger partial charge in [-0.3, -0.25) is 4.79 Å². The first-order chi connectivity index (χ1) is 13.9. The highest BCUT2D eigenvalue weighted by atomic mass is 32.2. The van der Waals surface area contributed by atoms with Crippen LogP contribution in [0.5, 0.6) is 5.75 Å². The third-order valence-electron chi connectivity index (χ3n) is 4.42. The highest BCUT2D eigenvalue weighted by molar-refractivity contribution is 7.89. The zero-order valence-electron chi connectivity index (χ0n) is 15.6. The molecule has 0 fully saturated rings. The van der Waals surface area contributed by atoms with Crippen LogP contribution in [0.3, 0.4) is 0 Å². The number of thiazole rings is 1. The first kappa shape index (κ1) is 19.6. The Balaban J connectivity index is 1.40. The van der Waals surface area contributed by atoms with E-state index in [2.05, 4.69) is 15.0 Å². The summed E-state index contributed by atoms with van der Waals surface area (Å²) in [6, 6.07) is 12.5. The summed E-state index contributed by atoms with van der Waals surface area (Å²) in [7, 11) is -3.71. The van der Waals surface area contributed by atoms with Crippen molar-refractivity contribution in [2.45, 2.75) is 18.2 Å². The predicted octanol–water partition coefficient (Wildman–Crippen LogP) is 2.97. The van der Waals surface area contributed by atoms with Gasteiger partial charge in [0.05, 0.1) is 16.3 Å². The molecule has 1 aliphatic rings. The average Bonchev–Trinajstić information content (AvgIpc) is 3.16.